The number of anilines is 1. The van der Waals surface area contributed by atoms with E-state index in [0.717, 1.165) is 18.8 Å². The molecule has 118 valence electrons. The molecule has 0 radical (unpaired) electrons. The van der Waals surface area contributed by atoms with Crippen molar-refractivity contribution in [3.8, 4) is 0 Å². The number of aryl methyl sites for hydroxylation is 1. The molecule has 2 aromatic rings. The molecule has 1 aromatic carbocycles. The monoisotopic (exact) mass is 342 g/mol. The van der Waals surface area contributed by atoms with Crippen LogP contribution in [-0.2, 0) is 11.3 Å². The van der Waals surface area contributed by atoms with Gasteiger partial charge in [0, 0.05) is 12.2 Å². The molecule has 2 rings (SSSR count). The SMILES string of the molecule is CCCn1c(C)nnc1SCC(=O)Nc1ccc(F)c(Cl)c1. The average Bonchev–Trinajstić information content (AvgIpc) is 2.82. The standard InChI is InChI=1S/C14H16ClFN4OS/c1-3-6-20-9(2)18-19-14(20)22-8-13(21)17-10-4-5-12(16)11(15)7-10/h4-5,7H,3,6,8H2,1-2H3,(H,17,21). The van der Waals surface area contributed by atoms with E-state index in [1.54, 1.807) is 0 Å². The number of benzene rings is 1. The number of aromatic nitrogens is 3. The van der Waals surface area contributed by atoms with Gasteiger partial charge in [0.2, 0.25) is 5.91 Å². The van der Waals surface area contributed by atoms with Crippen LogP contribution in [0, 0.1) is 12.7 Å². The van der Waals surface area contributed by atoms with Crippen LogP contribution in [-0.4, -0.2) is 26.4 Å². The molecular weight excluding hydrogens is 327 g/mol. The van der Waals surface area contributed by atoms with Gasteiger partial charge in [-0.25, -0.2) is 4.39 Å². The maximum Gasteiger partial charge on any atom is 0.234 e. The smallest absolute Gasteiger partial charge is 0.234 e. The lowest BCUT2D eigenvalue weighted by Crippen LogP contribution is -2.14. The predicted molar refractivity (Wildman–Crippen MR) is 85.8 cm³/mol. The first-order chi connectivity index (χ1) is 10.5. The largest absolute Gasteiger partial charge is 0.325 e. The fourth-order valence-electron chi connectivity index (χ4n) is 1.85. The Morgan fingerprint density at radius 1 is 1.45 bits per heavy atom. The molecule has 0 spiro atoms. The third-order valence-corrected chi connectivity index (χ3v) is 4.14. The summed E-state index contributed by atoms with van der Waals surface area (Å²) in [5.74, 6) is 0.292. The van der Waals surface area contributed by atoms with Gasteiger partial charge < -0.3 is 9.88 Å². The summed E-state index contributed by atoms with van der Waals surface area (Å²) in [5, 5.41) is 11.4. The van der Waals surface area contributed by atoms with Gasteiger partial charge in [0.15, 0.2) is 5.16 Å². The summed E-state index contributed by atoms with van der Waals surface area (Å²) in [7, 11) is 0. The number of rotatable bonds is 6. The van der Waals surface area contributed by atoms with E-state index >= 15 is 0 Å². The Bertz CT molecular complexity index is 677. The van der Waals surface area contributed by atoms with Crippen molar-refractivity contribution >= 4 is 35.0 Å². The van der Waals surface area contributed by atoms with E-state index in [1.165, 1.54) is 30.0 Å². The number of carbonyl (C=O) groups is 1. The quantitative estimate of drug-likeness (QED) is 0.816. The first-order valence-corrected chi connectivity index (χ1v) is 8.15. The molecule has 1 N–H and O–H groups in total. The Hall–Kier alpha value is -1.60. The first-order valence-electron chi connectivity index (χ1n) is 6.78. The topological polar surface area (TPSA) is 59.8 Å². The van der Waals surface area contributed by atoms with Crippen LogP contribution in [0.4, 0.5) is 10.1 Å². The lowest BCUT2D eigenvalue weighted by molar-refractivity contribution is -0.113. The molecule has 0 aliphatic rings. The molecule has 0 fully saturated rings. The minimum absolute atomic E-state index is 0.0243. The second-order valence-electron chi connectivity index (χ2n) is 4.65. The molecule has 0 aliphatic carbocycles. The van der Waals surface area contributed by atoms with Crippen molar-refractivity contribution in [1.29, 1.82) is 0 Å². The summed E-state index contributed by atoms with van der Waals surface area (Å²) in [6, 6.07) is 4.06. The van der Waals surface area contributed by atoms with Crippen molar-refractivity contribution in [3.63, 3.8) is 0 Å². The van der Waals surface area contributed by atoms with Crippen molar-refractivity contribution in [1.82, 2.24) is 14.8 Å². The van der Waals surface area contributed by atoms with Gasteiger partial charge in [-0.3, -0.25) is 4.79 Å². The summed E-state index contributed by atoms with van der Waals surface area (Å²) < 4.78 is 15.0. The Labute approximate surface area is 137 Å². The minimum atomic E-state index is -0.516. The van der Waals surface area contributed by atoms with Crippen LogP contribution in [0.25, 0.3) is 0 Å². The van der Waals surface area contributed by atoms with Gasteiger partial charge in [0.05, 0.1) is 10.8 Å². The van der Waals surface area contributed by atoms with E-state index in [4.69, 9.17) is 11.6 Å². The number of nitrogens with zero attached hydrogens (tertiary/aromatic N) is 3. The van der Waals surface area contributed by atoms with Crippen molar-refractivity contribution in [2.75, 3.05) is 11.1 Å². The van der Waals surface area contributed by atoms with Gasteiger partial charge in [-0.2, -0.15) is 0 Å². The van der Waals surface area contributed by atoms with Crippen molar-refractivity contribution in [2.45, 2.75) is 32.0 Å². The van der Waals surface area contributed by atoms with Crippen molar-refractivity contribution in [2.24, 2.45) is 0 Å². The molecule has 1 heterocycles. The number of hydrogen-bond acceptors (Lipinski definition) is 4. The van der Waals surface area contributed by atoms with E-state index in [9.17, 15) is 9.18 Å². The molecule has 0 aliphatic heterocycles. The predicted octanol–water partition coefficient (Wildman–Crippen LogP) is 3.52. The fraction of sp³-hybridized carbons (Fsp3) is 0.357. The van der Waals surface area contributed by atoms with Crippen molar-refractivity contribution in [3.05, 3.63) is 34.9 Å². The van der Waals surface area contributed by atoms with Crippen LogP contribution in [0.2, 0.25) is 5.02 Å². The Morgan fingerprint density at radius 3 is 2.91 bits per heavy atom. The van der Waals surface area contributed by atoms with Gasteiger partial charge >= 0.3 is 0 Å². The summed E-state index contributed by atoms with van der Waals surface area (Å²) in [5.41, 5.74) is 0.461. The third kappa shape index (κ3) is 4.20. The zero-order valence-corrected chi connectivity index (χ0v) is 13.8. The lowest BCUT2D eigenvalue weighted by atomic mass is 10.3. The second kappa shape index (κ2) is 7.60. The average molecular weight is 343 g/mol. The van der Waals surface area contributed by atoms with Gasteiger partial charge in [-0.15, -0.1) is 10.2 Å². The number of thioether (sulfide) groups is 1. The van der Waals surface area contributed by atoms with E-state index in [-0.39, 0.29) is 16.7 Å². The number of halogens is 2. The molecule has 5 nitrogen and oxygen atoms in total. The maximum atomic E-state index is 13.1. The highest BCUT2D eigenvalue weighted by Crippen LogP contribution is 2.21. The zero-order chi connectivity index (χ0) is 16.1. The van der Waals surface area contributed by atoms with Crippen molar-refractivity contribution < 1.29 is 9.18 Å². The summed E-state index contributed by atoms with van der Waals surface area (Å²) in [6.07, 6.45) is 0.965. The molecular formula is C14H16ClFN4OS. The summed E-state index contributed by atoms with van der Waals surface area (Å²) >= 11 is 6.99. The van der Waals surface area contributed by atoms with Crippen LogP contribution in [0.1, 0.15) is 19.2 Å². The Balaban J connectivity index is 1.94. The van der Waals surface area contributed by atoms with E-state index in [1.807, 2.05) is 11.5 Å². The molecule has 0 saturated carbocycles. The van der Waals surface area contributed by atoms with Gasteiger partial charge in [0.1, 0.15) is 11.6 Å². The molecule has 22 heavy (non-hydrogen) atoms. The number of carbonyl (C=O) groups excluding carboxylic acids is 1. The molecule has 0 unspecified atom stereocenters. The van der Waals surface area contributed by atoms with Crippen LogP contribution < -0.4 is 5.32 Å². The molecule has 1 amide bonds. The maximum absolute atomic E-state index is 13.1. The highest BCUT2D eigenvalue weighted by Gasteiger charge is 2.11. The van der Waals surface area contributed by atoms with Gasteiger partial charge in [-0.1, -0.05) is 30.3 Å². The van der Waals surface area contributed by atoms with Crippen LogP contribution in [0.15, 0.2) is 23.4 Å². The molecule has 8 heteroatoms. The summed E-state index contributed by atoms with van der Waals surface area (Å²) in [6.45, 7) is 4.77. The molecule has 0 atom stereocenters. The highest BCUT2D eigenvalue weighted by atomic mass is 35.5. The van der Waals surface area contributed by atoms with E-state index in [0.29, 0.717) is 10.8 Å². The molecule has 0 saturated heterocycles. The Kier molecular flexibility index (Phi) is 5.79. The van der Waals surface area contributed by atoms with Crippen LogP contribution in [0.5, 0.6) is 0 Å². The van der Waals surface area contributed by atoms with Crippen LogP contribution in [0.3, 0.4) is 0 Å². The third-order valence-electron chi connectivity index (χ3n) is 2.88. The normalized spacial score (nSPS) is 10.7. The van der Waals surface area contributed by atoms with E-state index < -0.39 is 5.82 Å². The number of amides is 1. The summed E-state index contributed by atoms with van der Waals surface area (Å²) in [4.78, 5) is 11.9. The van der Waals surface area contributed by atoms with Crippen LogP contribution >= 0.6 is 23.4 Å². The molecule has 0 bridgehead atoms. The number of hydrogen-bond donors (Lipinski definition) is 1. The highest BCUT2D eigenvalue weighted by molar-refractivity contribution is 7.99. The lowest BCUT2D eigenvalue weighted by Gasteiger charge is -2.07. The fourth-order valence-corrected chi connectivity index (χ4v) is 2.84. The second-order valence-corrected chi connectivity index (χ2v) is 6.00. The first kappa shape index (κ1) is 16.8. The Morgan fingerprint density at radius 2 is 2.23 bits per heavy atom. The van der Waals surface area contributed by atoms with E-state index in [2.05, 4.69) is 22.4 Å². The zero-order valence-electron chi connectivity index (χ0n) is 12.3. The van der Waals surface area contributed by atoms with Gasteiger partial charge in [-0.05, 0) is 31.5 Å². The number of nitrogens with one attached hydrogen (secondary N) is 1. The molecule has 1 aromatic heterocycles. The minimum Gasteiger partial charge on any atom is -0.325 e. The van der Waals surface area contributed by atoms with Gasteiger partial charge in [0.25, 0.3) is 0 Å².